The van der Waals surface area contributed by atoms with Crippen molar-refractivity contribution in [3.63, 3.8) is 0 Å². The van der Waals surface area contributed by atoms with E-state index in [2.05, 4.69) is 15.5 Å². The zero-order valence-corrected chi connectivity index (χ0v) is 10.2. The van der Waals surface area contributed by atoms with Gasteiger partial charge in [-0.1, -0.05) is 35.1 Å². The molecule has 0 aliphatic rings. The van der Waals surface area contributed by atoms with Crippen LogP contribution in [0.25, 0.3) is 6.08 Å². The molecule has 1 aromatic carbocycles. The Morgan fingerprint density at radius 1 is 1.47 bits per heavy atom. The summed E-state index contributed by atoms with van der Waals surface area (Å²) < 4.78 is 0. The van der Waals surface area contributed by atoms with Crippen LogP contribution in [0, 0.1) is 0 Å². The molecule has 0 bridgehead atoms. The molecule has 4 nitrogen and oxygen atoms in total. The van der Waals surface area contributed by atoms with Crippen molar-refractivity contribution in [2.45, 2.75) is 0 Å². The summed E-state index contributed by atoms with van der Waals surface area (Å²) in [7, 11) is 0. The van der Waals surface area contributed by atoms with Gasteiger partial charge in [-0.2, -0.15) is 0 Å². The Balaban J connectivity index is 1.99. The van der Waals surface area contributed by atoms with Gasteiger partial charge in [0.1, 0.15) is 5.51 Å². The van der Waals surface area contributed by atoms with Crippen LogP contribution in [0.2, 0.25) is 5.02 Å². The number of carbonyl (C=O) groups excluding carboxylic acids is 1. The minimum atomic E-state index is -0.248. The van der Waals surface area contributed by atoms with Crippen molar-refractivity contribution in [1.82, 2.24) is 10.2 Å². The fraction of sp³-hybridized carbons (Fsp3) is 0. The lowest BCUT2D eigenvalue weighted by Crippen LogP contribution is -2.07. The molecule has 1 N–H and O–H groups in total. The standard InChI is InChI=1S/C11H8ClN3OS/c12-9-3-1-2-8(6-9)4-5-10(16)14-11-15-13-7-17-11/h1-7H,(H,14,15,16). The first-order chi connectivity index (χ1) is 8.24. The van der Waals surface area contributed by atoms with E-state index in [0.29, 0.717) is 10.2 Å². The van der Waals surface area contributed by atoms with Crippen molar-refractivity contribution in [3.8, 4) is 0 Å². The summed E-state index contributed by atoms with van der Waals surface area (Å²) in [5.74, 6) is -0.248. The SMILES string of the molecule is O=C(C=Cc1cccc(Cl)c1)Nc1nncs1. The van der Waals surface area contributed by atoms with Gasteiger partial charge in [-0.3, -0.25) is 10.1 Å². The van der Waals surface area contributed by atoms with Crippen LogP contribution in [-0.4, -0.2) is 16.1 Å². The number of hydrogen-bond donors (Lipinski definition) is 1. The Kier molecular flexibility index (Phi) is 3.85. The predicted octanol–water partition coefficient (Wildman–Crippen LogP) is 2.84. The Labute approximate surface area is 107 Å². The summed E-state index contributed by atoms with van der Waals surface area (Å²) in [4.78, 5) is 11.5. The number of rotatable bonds is 3. The van der Waals surface area contributed by atoms with Crippen molar-refractivity contribution in [2.75, 3.05) is 5.32 Å². The lowest BCUT2D eigenvalue weighted by Gasteiger charge is -1.95. The summed E-state index contributed by atoms with van der Waals surface area (Å²) in [5.41, 5.74) is 2.42. The highest BCUT2D eigenvalue weighted by atomic mass is 35.5. The second-order valence-electron chi connectivity index (χ2n) is 3.12. The summed E-state index contributed by atoms with van der Waals surface area (Å²) in [6, 6.07) is 7.24. The van der Waals surface area contributed by atoms with Crippen LogP contribution in [0.1, 0.15) is 5.56 Å². The van der Waals surface area contributed by atoms with E-state index in [1.165, 1.54) is 17.4 Å². The van der Waals surface area contributed by atoms with Gasteiger partial charge in [-0.15, -0.1) is 10.2 Å². The lowest BCUT2D eigenvalue weighted by molar-refractivity contribution is -0.111. The largest absolute Gasteiger partial charge is 0.297 e. The molecule has 6 heteroatoms. The van der Waals surface area contributed by atoms with Gasteiger partial charge in [-0.25, -0.2) is 0 Å². The Hall–Kier alpha value is -1.72. The monoisotopic (exact) mass is 265 g/mol. The van der Waals surface area contributed by atoms with Crippen LogP contribution < -0.4 is 5.32 Å². The van der Waals surface area contributed by atoms with E-state index in [4.69, 9.17) is 11.6 Å². The quantitative estimate of drug-likeness (QED) is 0.869. The molecule has 2 aromatic rings. The molecule has 2 rings (SSSR count). The molecule has 1 aromatic heterocycles. The first-order valence-corrected chi connectivity index (χ1v) is 6.00. The molecule has 0 fully saturated rings. The predicted molar refractivity (Wildman–Crippen MR) is 69.0 cm³/mol. The molecule has 0 unspecified atom stereocenters. The molecule has 1 amide bonds. The molecule has 17 heavy (non-hydrogen) atoms. The second kappa shape index (κ2) is 5.56. The van der Waals surface area contributed by atoms with Crippen molar-refractivity contribution in [1.29, 1.82) is 0 Å². The highest BCUT2D eigenvalue weighted by molar-refractivity contribution is 7.13. The summed E-state index contributed by atoms with van der Waals surface area (Å²) >= 11 is 7.09. The smallest absolute Gasteiger partial charge is 0.250 e. The van der Waals surface area contributed by atoms with Gasteiger partial charge in [0, 0.05) is 11.1 Å². The fourth-order valence-corrected chi connectivity index (χ4v) is 1.80. The Bertz CT molecular complexity index is 539. The fourth-order valence-electron chi connectivity index (χ4n) is 1.16. The van der Waals surface area contributed by atoms with Crippen LogP contribution in [0.4, 0.5) is 5.13 Å². The van der Waals surface area contributed by atoms with Gasteiger partial charge >= 0.3 is 0 Å². The lowest BCUT2D eigenvalue weighted by atomic mass is 10.2. The molecule has 0 aliphatic heterocycles. The first kappa shape index (κ1) is 11.8. The number of nitrogens with one attached hydrogen (secondary N) is 1. The van der Waals surface area contributed by atoms with E-state index in [0.717, 1.165) is 5.56 Å². The number of anilines is 1. The minimum absolute atomic E-state index is 0.248. The van der Waals surface area contributed by atoms with Crippen LogP contribution in [0.15, 0.2) is 35.9 Å². The molecule has 1 heterocycles. The van der Waals surface area contributed by atoms with E-state index in [-0.39, 0.29) is 5.91 Å². The van der Waals surface area contributed by atoms with E-state index in [1.54, 1.807) is 23.7 Å². The molecule has 0 aliphatic carbocycles. The normalized spacial score (nSPS) is 10.6. The third kappa shape index (κ3) is 3.65. The highest BCUT2D eigenvalue weighted by Crippen LogP contribution is 2.12. The molecule has 86 valence electrons. The van der Waals surface area contributed by atoms with Crippen molar-refractivity contribution in [2.24, 2.45) is 0 Å². The third-order valence-corrected chi connectivity index (χ3v) is 2.71. The maximum absolute atomic E-state index is 11.5. The number of nitrogens with zero attached hydrogens (tertiary/aromatic N) is 2. The van der Waals surface area contributed by atoms with Crippen molar-refractivity contribution in [3.05, 3.63) is 46.4 Å². The van der Waals surface area contributed by atoms with Gasteiger partial charge in [0.2, 0.25) is 11.0 Å². The number of aromatic nitrogens is 2. The van der Waals surface area contributed by atoms with E-state index in [1.807, 2.05) is 12.1 Å². The Morgan fingerprint density at radius 2 is 2.35 bits per heavy atom. The van der Waals surface area contributed by atoms with Gasteiger partial charge in [0.05, 0.1) is 0 Å². The van der Waals surface area contributed by atoms with E-state index >= 15 is 0 Å². The van der Waals surface area contributed by atoms with Gasteiger partial charge in [-0.05, 0) is 23.8 Å². The van der Waals surface area contributed by atoms with Crippen LogP contribution in [0.3, 0.4) is 0 Å². The average molecular weight is 266 g/mol. The minimum Gasteiger partial charge on any atom is -0.297 e. The molecule has 0 atom stereocenters. The van der Waals surface area contributed by atoms with Crippen LogP contribution in [0.5, 0.6) is 0 Å². The average Bonchev–Trinajstić information content (AvgIpc) is 2.79. The maximum atomic E-state index is 11.5. The molecule has 0 spiro atoms. The van der Waals surface area contributed by atoms with Gasteiger partial charge < -0.3 is 0 Å². The van der Waals surface area contributed by atoms with Gasteiger partial charge in [0.15, 0.2) is 0 Å². The van der Waals surface area contributed by atoms with Gasteiger partial charge in [0.25, 0.3) is 0 Å². The molecular formula is C11H8ClN3OS. The number of carbonyl (C=O) groups is 1. The van der Waals surface area contributed by atoms with Crippen molar-refractivity contribution < 1.29 is 4.79 Å². The number of benzene rings is 1. The third-order valence-electron chi connectivity index (χ3n) is 1.87. The second-order valence-corrected chi connectivity index (χ2v) is 4.39. The zero-order chi connectivity index (χ0) is 12.1. The summed E-state index contributed by atoms with van der Waals surface area (Å²) in [6.07, 6.45) is 3.11. The van der Waals surface area contributed by atoms with Crippen LogP contribution >= 0.6 is 22.9 Å². The topological polar surface area (TPSA) is 54.9 Å². The molecular weight excluding hydrogens is 258 g/mol. The Morgan fingerprint density at radius 3 is 3.06 bits per heavy atom. The molecule has 0 saturated carbocycles. The number of halogens is 1. The summed E-state index contributed by atoms with van der Waals surface area (Å²) in [5, 5.41) is 11.0. The van der Waals surface area contributed by atoms with Crippen molar-refractivity contribution >= 4 is 40.1 Å². The zero-order valence-electron chi connectivity index (χ0n) is 8.63. The highest BCUT2D eigenvalue weighted by Gasteiger charge is 1.99. The molecule has 0 radical (unpaired) electrons. The summed E-state index contributed by atoms with van der Waals surface area (Å²) in [6.45, 7) is 0. The molecule has 0 saturated heterocycles. The number of hydrogen-bond acceptors (Lipinski definition) is 4. The maximum Gasteiger partial charge on any atom is 0.250 e. The van der Waals surface area contributed by atoms with E-state index < -0.39 is 0 Å². The van der Waals surface area contributed by atoms with Crippen LogP contribution in [-0.2, 0) is 4.79 Å². The van der Waals surface area contributed by atoms with E-state index in [9.17, 15) is 4.79 Å². The number of amides is 1. The first-order valence-electron chi connectivity index (χ1n) is 4.75.